The summed E-state index contributed by atoms with van der Waals surface area (Å²) in [4.78, 5) is 5.90. The molecule has 0 radical (unpaired) electrons. The summed E-state index contributed by atoms with van der Waals surface area (Å²) in [5.74, 6) is 6.63. The van der Waals surface area contributed by atoms with Crippen LogP contribution >= 0.6 is 11.6 Å². The highest BCUT2D eigenvalue weighted by Crippen LogP contribution is 2.25. The minimum Gasteiger partial charge on any atom is -0.325 e. The number of rotatable bonds is 1. The zero-order valence-corrected chi connectivity index (χ0v) is 15.2. The maximum atomic E-state index is 13.3. The molecule has 2 aromatic rings. The van der Waals surface area contributed by atoms with Gasteiger partial charge in [0.25, 0.3) is 0 Å². The second kappa shape index (κ2) is 7.31. The number of pyridine rings is 1. The second-order valence-electron chi connectivity index (χ2n) is 6.52. The molecule has 0 amide bonds. The number of nitrogens with zero attached hydrogens (tertiary/aromatic N) is 4. The lowest BCUT2D eigenvalue weighted by atomic mass is 9.96. The molecule has 2 atom stereocenters. The topological polar surface area (TPSA) is 44.9 Å². The van der Waals surface area contributed by atoms with Crippen molar-refractivity contribution < 1.29 is 4.39 Å². The number of aromatic nitrogens is 2. The zero-order valence-electron chi connectivity index (χ0n) is 14.4. The van der Waals surface area contributed by atoms with Gasteiger partial charge in [-0.2, -0.15) is 5.26 Å². The smallest absolute Gasteiger partial charge is 0.151 e. The Morgan fingerprint density at radius 2 is 2.19 bits per heavy atom. The number of hydrogen-bond acceptors (Lipinski definition) is 3. The lowest BCUT2D eigenvalue weighted by Gasteiger charge is -2.24. The van der Waals surface area contributed by atoms with Crippen LogP contribution in [0.4, 0.5) is 10.2 Å². The van der Waals surface area contributed by atoms with Crippen LogP contribution in [0.3, 0.4) is 0 Å². The van der Waals surface area contributed by atoms with Crippen molar-refractivity contribution in [2.24, 2.45) is 5.92 Å². The van der Waals surface area contributed by atoms with Gasteiger partial charge in [0.2, 0.25) is 0 Å². The number of fused-ring (bicyclic) bond motifs is 1. The number of halogens is 2. The number of hydrogen-bond donors (Lipinski definition) is 0. The Kier molecular flexibility index (Phi) is 4.71. The van der Waals surface area contributed by atoms with Gasteiger partial charge in [0.1, 0.15) is 11.9 Å². The van der Waals surface area contributed by atoms with Crippen molar-refractivity contribution in [1.29, 1.82) is 5.26 Å². The Bertz CT molecular complexity index is 1030. The highest BCUT2D eigenvalue weighted by molar-refractivity contribution is 6.20. The Morgan fingerprint density at radius 1 is 1.30 bits per heavy atom. The lowest BCUT2D eigenvalue weighted by Crippen LogP contribution is -2.23. The lowest BCUT2D eigenvalue weighted by molar-refractivity contribution is 0.620. The van der Waals surface area contributed by atoms with Gasteiger partial charge in [-0.05, 0) is 37.0 Å². The summed E-state index contributed by atoms with van der Waals surface area (Å²) < 4.78 is 15.3. The van der Waals surface area contributed by atoms with Gasteiger partial charge < -0.3 is 9.47 Å². The van der Waals surface area contributed by atoms with E-state index < -0.39 is 5.82 Å². The van der Waals surface area contributed by atoms with Gasteiger partial charge >= 0.3 is 0 Å². The second-order valence-corrected chi connectivity index (χ2v) is 7.13. The first-order chi connectivity index (χ1) is 13.1. The van der Waals surface area contributed by atoms with Crippen LogP contribution < -0.4 is 4.90 Å². The van der Waals surface area contributed by atoms with Gasteiger partial charge in [-0.25, -0.2) is 9.37 Å². The fourth-order valence-corrected chi connectivity index (χ4v) is 3.57. The quantitative estimate of drug-likeness (QED) is 0.423. The highest BCUT2D eigenvalue weighted by atomic mass is 35.5. The summed E-state index contributed by atoms with van der Waals surface area (Å²) in [6, 6.07) is 7.17. The summed E-state index contributed by atoms with van der Waals surface area (Å²) in [5.41, 5.74) is 2.13. The number of allylic oxidation sites excluding steroid dienone is 2. The van der Waals surface area contributed by atoms with Crippen LogP contribution in [-0.2, 0) is 6.54 Å². The van der Waals surface area contributed by atoms with E-state index in [0.717, 1.165) is 30.4 Å². The standard InChI is InChI=1S/C21H16ClFN4/c22-17-3-1-2-15(10-17)4-5-19-6-7-20-14-26(8-9-27(19)20)21-16(12-24)11-18(23)13-25-21/h1-2,6-9,11,13,15,17H,3,10,14H2. The fraction of sp³-hybridized carbons (Fsp3) is 0.238. The van der Waals surface area contributed by atoms with Gasteiger partial charge in [0, 0.05) is 29.4 Å². The predicted molar refractivity (Wildman–Crippen MR) is 103 cm³/mol. The van der Waals surface area contributed by atoms with Crippen molar-refractivity contribution in [2.75, 3.05) is 4.90 Å². The van der Waals surface area contributed by atoms with Crippen molar-refractivity contribution in [2.45, 2.75) is 24.8 Å². The molecule has 1 aliphatic heterocycles. The van der Waals surface area contributed by atoms with E-state index in [-0.39, 0.29) is 16.9 Å². The number of anilines is 1. The molecule has 1 aliphatic carbocycles. The summed E-state index contributed by atoms with van der Waals surface area (Å²) in [5, 5.41) is 9.39. The average Bonchev–Trinajstić information content (AvgIpc) is 3.08. The van der Waals surface area contributed by atoms with Crippen molar-refractivity contribution in [3.8, 4) is 17.9 Å². The van der Waals surface area contributed by atoms with Crippen molar-refractivity contribution >= 4 is 23.6 Å². The summed E-state index contributed by atoms with van der Waals surface area (Å²) in [6.07, 6.45) is 10.8. The van der Waals surface area contributed by atoms with Gasteiger partial charge in [-0.1, -0.05) is 18.1 Å². The molecule has 27 heavy (non-hydrogen) atoms. The molecule has 0 N–H and O–H groups in total. The molecule has 4 rings (SSSR count). The van der Waals surface area contributed by atoms with E-state index in [4.69, 9.17) is 11.6 Å². The zero-order chi connectivity index (χ0) is 18.8. The van der Waals surface area contributed by atoms with E-state index in [1.54, 1.807) is 0 Å². The predicted octanol–water partition coefficient (Wildman–Crippen LogP) is 4.27. The van der Waals surface area contributed by atoms with E-state index in [1.165, 1.54) is 6.07 Å². The van der Waals surface area contributed by atoms with Crippen LogP contribution in [0.25, 0.3) is 6.20 Å². The van der Waals surface area contributed by atoms with Gasteiger partial charge in [0.05, 0.1) is 24.0 Å². The molecular formula is C21H16ClFN4. The van der Waals surface area contributed by atoms with E-state index in [2.05, 4.69) is 29.0 Å². The van der Waals surface area contributed by atoms with Crippen LogP contribution in [-0.4, -0.2) is 14.9 Å². The Morgan fingerprint density at radius 3 is 3.00 bits per heavy atom. The molecule has 0 bridgehead atoms. The minimum absolute atomic E-state index is 0.154. The molecule has 0 saturated heterocycles. The molecule has 2 aliphatic rings. The summed E-state index contributed by atoms with van der Waals surface area (Å²) in [7, 11) is 0. The van der Waals surface area contributed by atoms with Crippen molar-refractivity contribution in [3.05, 3.63) is 65.5 Å². The van der Waals surface area contributed by atoms with Crippen molar-refractivity contribution in [1.82, 2.24) is 9.55 Å². The molecule has 6 heteroatoms. The van der Waals surface area contributed by atoms with E-state index in [9.17, 15) is 9.65 Å². The summed E-state index contributed by atoms with van der Waals surface area (Å²) >= 11 is 6.20. The Hall–Kier alpha value is -3.02. The first-order valence-electron chi connectivity index (χ1n) is 8.67. The third-order valence-electron chi connectivity index (χ3n) is 4.61. The van der Waals surface area contributed by atoms with Crippen LogP contribution in [0.2, 0.25) is 0 Å². The van der Waals surface area contributed by atoms with Gasteiger partial charge in [-0.15, -0.1) is 11.6 Å². The highest BCUT2D eigenvalue weighted by Gasteiger charge is 2.18. The first kappa shape index (κ1) is 17.4. The van der Waals surface area contributed by atoms with E-state index in [0.29, 0.717) is 12.4 Å². The van der Waals surface area contributed by atoms with Crippen LogP contribution in [0.5, 0.6) is 0 Å². The maximum absolute atomic E-state index is 13.3. The monoisotopic (exact) mass is 378 g/mol. The molecule has 0 saturated carbocycles. The van der Waals surface area contributed by atoms with Crippen molar-refractivity contribution in [3.63, 3.8) is 0 Å². The SMILES string of the molecule is N#Cc1cc(F)cnc1N1C=Cn2c(C#CC3C=CCC(Cl)C3)ccc2C1. The molecular weight excluding hydrogens is 363 g/mol. The molecule has 2 aromatic heterocycles. The Labute approximate surface area is 162 Å². The molecule has 0 aromatic carbocycles. The van der Waals surface area contributed by atoms with Crippen LogP contribution in [0.1, 0.15) is 29.8 Å². The maximum Gasteiger partial charge on any atom is 0.151 e. The van der Waals surface area contributed by atoms with E-state index >= 15 is 0 Å². The Balaban J connectivity index is 1.57. The molecule has 2 unspecified atom stereocenters. The average molecular weight is 379 g/mol. The first-order valence-corrected chi connectivity index (χ1v) is 9.10. The largest absolute Gasteiger partial charge is 0.325 e. The summed E-state index contributed by atoms with van der Waals surface area (Å²) in [6.45, 7) is 0.526. The molecule has 0 fully saturated rings. The van der Waals surface area contributed by atoms with E-state index in [1.807, 2.05) is 40.1 Å². The van der Waals surface area contributed by atoms with Crippen LogP contribution in [0, 0.1) is 34.9 Å². The molecule has 134 valence electrons. The fourth-order valence-electron chi connectivity index (χ4n) is 3.27. The minimum atomic E-state index is -0.520. The van der Waals surface area contributed by atoms with Gasteiger partial charge in [0.15, 0.2) is 5.82 Å². The van der Waals surface area contributed by atoms with Gasteiger partial charge in [-0.3, -0.25) is 0 Å². The molecule has 3 heterocycles. The third kappa shape index (κ3) is 3.60. The number of alkyl halides is 1. The molecule has 0 spiro atoms. The normalized spacial score (nSPS) is 20.6. The third-order valence-corrected chi connectivity index (χ3v) is 4.97. The van der Waals surface area contributed by atoms with Crippen LogP contribution in [0.15, 0.2) is 42.7 Å². The number of nitriles is 1. The molecule has 4 nitrogen and oxygen atoms in total.